The summed E-state index contributed by atoms with van der Waals surface area (Å²) in [5.74, 6) is 0.553. The third-order valence-corrected chi connectivity index (χ3v) is 4.75. The number of nitrogens with one attached hydrogen (secondary N) is 1. The van der Waals surface area contributed by atoms with E-state index in [1.54, 1.807) is 17.1 Å². The van der Waals surface area contributed by atoms with Crippen molar-refractivity contribution in [1.29, 1.82) is 0 Å². The second-order valence-electron chi connectivity index (χ2n) is 6.36. The highest BCUT2D eigenvalue weighted by atomic mass is 16.2. The minimum absolute atomic E-state index is 0.0949. The molecule has 2 aliphatic rings. The lowest BCUT2D eigenvalue weighted by molar-refractivity contribution is -0.118. The van der Waals surface area contributed by atoms with Crippen LogP contribution >= 0.6 is 0 Å². The van der Waals surface area contributed by atoms with Crippen LogP contribution in [0.5, 0.6) is 0 Å². The number of nitrogens with two attached hydrogens (primary N) is 1. The normalized spacial score (nSPS) is 22.6. The Morgan fingerprint density at radius 2 is 2.37 bits per heavy atom. The molecule has 104 valence electrons. The van der Waals surface area contributed by atoms with Gasteiger partial charge in [-0.25, -0.2) is 0 Å². The van der Waals surface area contributed by atoms with Crippen molar-refractivity contribution in [2.75, 3.05) is 5.32 Å². The molecule has 5 heteroatoms. The summed E-state index contributed by atoms with van der Waals surface area (Å²) in [6.07, 6.45) is 11.0. The first-order valence-electron chi connectivity index (χ1n) is 7.11. The van der Waals surface area contributed by atoms with E-state index < -0.39 is 6.04 Å². The fourth-order valence-electron chi connectivity index (χ4n) is 3.60. The van der Waals surface area contributed by atoms with E-state index in [1.165, 1.54) is 32.1 Å². The smallest absolute Gasteiger partial charge is 0.241 e. The van der Waals surface area contributed by atoms with Gasteiger partial charge in [0.05, 0.1) is 17.9 Å². The zero-order valence-corrected chi connectivity index (χ0v) is 11.4. The van der Waals surface area contributed by atoms with Crippen LogP contribution in [0.2, 0.25) is 0 Å². The lowest BCUT2D eigenvalue weighted by Gasteiger charge is -2.54. The molecule has 3 rings (SSSR count). The Balaban J connectivity index is 1.45. The first kappa shape index (κ1) is 12.7. The van der Waals surface area contributed by atoms with E-state index in [4.69, 9.17) is 5.73 Å². The van der Waals surface area contributed by atoms with Gasteiger partial charge < -0.3 is 11.1 Å². The zero-order chi connectivity index (χ0) is 13.5. The standard InChI is InChI=1S/C14H22N4O/c1-18-9-11(8-16-18)17-13(19)12(15)5-10-6-14(7-10)3-2-4-14/h8-10,12H,2-7,15H2,1H3,(H,17,19). The average molecular weight is 262 g/mol. The van der Waals surface area contributed by atoms with Gasteiger partial charge in [-0.05, 0) is 43.4 Å². The Hall–Kier alpha value is -1.36. The van der Waals surface area contributed by atoms with Crippen LogP contribution in [0.15, 0.2) is 12.4 Å². The lowest BCUT2D eigenvalue weighted by atomic mass is 9.51. The van der Waals surface area contributed by atoms with E-state index in [0.29, 0.717) is 17.0 Å². The molecule has 0 bridgehead atoms. The Kier molecular flexibility index (Phi) is 3.09. The molecule has 1 atom stereocenters. The molecule has 2 saturated carbocycles. The van der Waals surface area contributed by atoms with Crippen LogP contribution in [-0.4, -0.2) is 21.7 Å². The summed E-state index contributed by atoms with van der Waals surface area (Å²) < 4.78 is 1.66. The Labute approximate surface area is 113 Å². The molecule has 1 aromatic rings. The van der Waals surface area contributed by atoms with Gasteiger partial charge in [-0.3, -0.25) is 9.48 Å². The molecule has 0 aliphatic heterocycles. The molecule has 0 saturated heterocycles. The summed E-state index contributed by atoms with van der Waals surface area (Å²) in [5.41, 5.74) is 7.36. The Morgan fingerprint density at radius 1 is 1.63 bits per heavy atom. The quantitative estimate of drug-likeness (QED) is 0.866. The van der Waals surface area contributed by atoms with Gasteiger partial charge in [0.1, 0.15) is 0 Å². The van der Waals surface area contributed by atoms with Crippen LogP contribution in [-0.2, 0) is 11.8 Å². The summed E-state index contributed by atoms with van der Waals surface area (Å²) in [7, 11) is 1.82. The van der Waals surface area contributed by atoms with Crippen LogP contribution in [0.1, 0.15) is 38.5 Å². The molecule has 5 nitrogen and oxygen atoms in total. The van der Waals surface area contributed by atoms with Gasteiger partial charge >= 0.3 is 0 Å². The SMILES string of the molecule is Cn1cc(NC(=O)C(N)CC2CC3(CCC3)C2)cn1. The van der Waals surface area contributed by atoms with E-state index >= 15 is 0 Å². The monoisotopic (exact) mass is 262 g/mol. The lowest BCUT2D eigenvalue weighted by Crippen LogP contribution is -2.46. The molecule has 19 heavy (non-hydrogen) atoms. The second kappa shape index (κ2) is 4.63. The van der Waals surface area contributed by atoms with Crippen molar-refractivity contribution in [1.82, 2.24) is 9.78 Å². The fourth-order valence-corrected chi connectivity index (χ4v) is 3.60. The fraction of sp³-hybridized carbons (Fsp3) is 0.714. The molecule has 1 aromatic heterocycles. The molecular weight excluding hydrogens is 240 g/mol. The van der Waals surface area contributed by atoms with Gasteiger partial charge in [0.2, 0.25) is 5.91 Å². The van der Waals surface area contributed by atoms with E-state index in [1.807, 2.05) is 7.05 Å². The van der Waals surface area contributed by atoms with E-state index in [0.717, 1.165) is 6.42 Å². The molecule has 1 heterocycles. The predicted molar refractivity (Wildman–Crippen MR) is 73.4 cm³/mol. The van der Waals surface area contributed by atoms with Crippen LogP contribution in [0.4, 0.5) is 5.69 Å². The van der Waals surface area contributed by atoms with Crippen molar-refractivity contribution in [3.05, 3.63) is 12.4 Å². The number of aryl methyl sites for hydroxylation is 1. The molecule has 0 aromatic carbocycles. The summed E-state index contributed by atoms with van der Waals surface area (Å²) in [4.78, 5) is 12.0. The van der Waals surface area contributed by atoms with Crippen molar-refractivity contribution in [2.24, 2.45) is 24.1 Å². The van der Waals surface area contributed by atoms with Crippen molar-refractivity contribution in [2.45, 2.75) is 44.6 Å². The molecule has 3 N–H and O–H groups in total. The highest BCUT2D eigenvalue weighted by Crippen LogP contribution is 2.59. The van der Waals surface area contributed by atoms with E-state index in [9.17, 15) is 4.79 Å². The zero-order valence-electron chi connectivity index (χ0n) is 11.4. The number of anilines is 1. The number of rotatable bonds is 4. The maximum Gasteiger partial charge on any atom is 0.241 e. The minimum Gasteiger partial charge on any atom is -0.322 e. The number of carbonyl (C=O) groups excluding carboxylic acids is 1. The first-order valence-corrected chi connectivity index (χ1v) is 7.11. The van der Waals surface area contributed by atoms with Gasteiger partial charge in [0.25, 0.3) is 0 Å². The number of aromatic nitrogens is 2. The van der Waals surface area contributed by atoms with Crippen LogP contribution in [0.25, 0.3) is 0 Å². The van der Waals surface area contributed by atoms with Gasteiger partial charge in [-0.2, -0.15) is 5.10 Å². The van der Waals surface area contributed by atoms with Crippen LogP contribution < -0.4 is 11.1 Å². The molecular formula is C14H22N4O. The number of nitrogens with zero attached hydrogens (tertiary/aromatic N) is 2. The number of hydrogen-bond acceptors (Lipinski definition) is 3. The molecule has 0 radical (unpaired) electrons. The van der Waals surface area contributed by atoms with Gasteiger partial charge in [-0.1, -0.05) is 6.42 Å². The summed E-state index contributed by atoms with van der Waals surface area (Å²) in [6.45, 7) is 0. The summed E-state index contributed by atoms with van der Waals surface area (Å²) in [6, 6.07) is -0.400. The van der Waals surface area contributed by atoms with Gasteiger partial charge in [0, 0.05) is 13.2 Å². The highest BCUT2D eigenvalue weighted by Gasteiger charge is 2.48. The summed E-state index contributed by atoms with van der Waals surface area (Å²) in [5, 5.41) is 6.83. The minimum atomic E-state index is -0.400. The first-order chi connectivity index (χ1) is 9.06. The number of amides is 1. The maximum absolute atomic E-state index is 12.0. The average Bonchev–Trinajstić information content (AvgIpc) is 2.65. The van der Waals surface area contributed by atoms with E-state index in [2.05, 4.69) is 10.4 Å². The third-order valence-electron chi connectivity index (χ3n) is 4.75. The Bertz CT molecular complexity index is 470. The van der Waals surface area contributed by atoms with Crippen molar-refractivity contribution in [3.8, 4) is 0 Å². The predicted octanol–water partition coefficient (Wildman–Crippen LogP) is 1.66. The topological polar surface area (TPSA) is 72.9 Å². The number of carbonyl (C=O) groups is 1. The molecule has 1 unspecified atom stereocenters. The van der Waals surface area contributed by atoms with Crippen LogP contribution in [0.3, 0.4) is 0 Å². The largest absolute Gasteiger partial charge is 0.322 e. The summed E-state index contributed by atoms with van der Waals surface area (Å²) >= 11 is 0. The molecule has 1 amide bonds. The Morgan fingerprint density at radius 3 is 2.89 bits per heavy atom. The van der Waals surface area contributed by atoms with Crippen molar-refractivity contribution >= 4 is 11.6 Å². The highest BCUT2D eigenvalue weighted by molar-refractivity contribution is 5.94. The van der Waals surface area contributed by atoms with E-state index in [-0.39, 0.29) is 5.91 Å². The maximum atomic E-state index is 12.0. The second-order valence-corrected chi connectivity index (χ2v) is 6.36. The third kappa shape index (κ3) is 2.52. The van der Waals surface area contributed by atoms with Gasteiger partial charge in [0.15, 0.2) is 0 Å². The van der Waals surface area contributed by atoms with Crippen molar-refractivity contribution in [3.63, 3.8) is 0 Å². The van der Waals surface area contributed by atoms with Gasteiger partial charge in [-0.15, -0.1) is 0 Å². The number of hydrogen-bond donors (Lipinski definition) is 2. The molecule has 1 spiro atoms. The molecule has 2 aliphatic carbocycles. The molecule has 2 fully saturated rings. The van der Waals surface area contributed by atoms with Crippen LogP contribution in [0, 0.1) is 11.3 Å². The van der Waals surface area contributed by atoms with Crippen molar-refractivity contribution < 1.29 is 4.79 Å².